The average Bonchev–Trinajstić information content (AvgIpc) is 2.90. The van der Waals surface area contributed by atoms with Crippen LogP contribution in [0.2, 0.25) is 0 Å². The molecule has 1 aliphatic heterocycles. The van der Waals surface area contributed by atoms with Gasteiger partial charge in [0.25, 0.3) is 0 Å². The smallest absolute Gasteiger partial charge is 0.160 e. The lowest BCUT2D eigenvalue weighted by Crippen LogP contribution is -2.14. The van der Waals surface area contributed by atoms with Crippen LogP contribution in [0.25, 0.3) is 0 Å². The maximum Gasteiger partial charge on any atom is 0.160 e. The van der Waals surface area contributed by atoms with Gasteiger partial charge in [0.1, 0.15) is 5.75 Å². The number of hydrogen-bond donors (Lipinski definition) is 0. The Morgan fingerprint density at radius 1 is 1.00 bits per heavy atom. The maximum absolute atomic E-state index is 5.63. The fourth-order valence-corrected chi connectivity index (χ4v) is 2.50. The van der Waals surface area contributed by atoms with Crippen molar-refractivity contribution in [2.75, 3.05) is 7.11 Å². The third-order valence-corrected chi connectivity index (χ3v) is 3.66. The fourth-order valence-electron chi connectivity index (χ4n) is 2.50. The van der Waals surface area contributed by atoms with Gasteiger partial charge >= 0.3 is 0 Å². The monoisotopic (exact) mass is 267 g/mol. The van der Waals surface area contributed by atoms with Crippen molar-refractivity contribution < 1.29 is 9.57 Å². The molecule has 0 unspecified atom stereocenters. The Kier molecular flexibility index (Phi) is 3.42. The molecule has 20 heavy (non-hydrogen) atoms. The molecule has 0 radical (unpaired) electrons. The van der Waals surface area contributed by atoms with Gasteiger partial charge in [-0.05, 0) is 35.4 Å². The number of hydrogen-bond acceptors (Lipinski definition) is 3. The Morgan fingerprint density at radius 3 is 2.35 bits per heavy atom. The molecule has 0 bridgehead atoms. The highest BCUT2D eigenvalue weighted by molar-refractivity contribution is 6.03. The molecular formula is C17H17NO2. The summed E-state index contributed by atoms with van der Waals surface area (Å²) >= 11 is 0. The molecule has 1 heterocycles. The minimum atomic E-state index is -0.00620. The number of rotatable bonds is 3. The summed E-state index contributed by atoms with van der Waals surface area (Å²) in [5, 5.41) is 4.28. The fraction of sp³-hybridized carbons (Fsp3) is 0.235. The van der Waals surface area contributed by atoms with Gasteiger partial charge < -0.3 is 9.57 Å². The lowest BCUT2D eigenvalue weighted by molar-refractivity contribution is 0.0653. The van der Waals surface area contributed by atoms with Crippen molar-refractivity contribution in [2.45, 2.75) is 13.0 Å². The van der Waals surface area contributed by atoms with E-state index in [-0.39, 0.29) is 12.0 Å². The van der Waals surface area contributed by atoms with Gasteiger partial charge in [-0.1, -0.05) is 42.4 Å². The minimum Gasteiger partial charge on any atom is -0.497 e. The second kappa shape index (κ2) is 5.37. The highest BCUT2D eigenvalue weighted by Crippen LogP contribution is 2.34. The molecule has 102 valence electrons. The van der Waals surface area contributed by atoms with E-state index in [2.05, 4.69) is 24.2 Å². The Bertz CT molecular complexity index is 605. The first-order chi connectivity index (χ1) is 9.79. The van der Waals surface area contributed by atoms with E-state index in [1.807, 2.05) is 42.5 Å². The second-order valence-corrected chi connectivity index (χ2v) is 4.93. The average molecular weight is 267 g/mol. The predicted octanol–water partition coefficient (Wildman–Crippen LogP) is 3.81. The van der Waals surface area contributed by atoms with Gasteiger partial charge in [0.2, 0.25) is 0 Å². The number of ether oxygens (including phenoxy) is 1. The van der Waals surface area contributed by atoms with E-state index >= 15 is 0 Å². The molecule has 0 spiro atoms. The lowest BCUT2D eigenvalue weighted by atomic mass is 9.90. The molecule has 3 heteroatoms. The highest BCUT2D eigenvalue weighted by Gasteiger charge is 2.32. The van der Waals surface area contributed by atoms with Crippen LogP contribution in [-0.4, -0.2) is 12.8 Å². The standard InChI is InChI=1S/C17H17NO2/c1-12-16(13-8-10-15(19-2)11-9-13)18-20-17(12)14-6-4-3-5-7-14/h3-12,17H,1-2H3/t12-,17-/m0/s1. The Hall–Kier alpha value is -2.29. The largest absolute Gasteiger partial charge is 0.497 e. The Labute approximate surface area is 118 Å². The van der Waals surface area contributed by atoms with E-state index in [4.69, 9.17) is 9.57 Å². The molecule has 0 aromatic heterocycles. The normalized spacial score (nSPS) is 21.2. The zero-order chi connectivity index (χ0) is 13.9. The van der Waals surface area contributed by atoms with E-state index < -0.39 is 0 Å². The molecule has 0 saturated carbocycles. The van der Waals surface area contributed by atoms with Crippen molar-refractivity contribution in [2.24, 2.45) is 11.1 Å². The zero-order valence-electron chi connectivity index (χ0n) is 11.6. The molecule has 0 aliphatic carbocycles. The SMILES string of the molecule is COc1ccc(C2=NO[C@H](c3ccccc3)[C@H]2C)cc1. The van der Waals surface area contributed by atoms with Gasteiger partial charge in [0, 0.05) is 5.92 Å². The molecule has 2 atom stereocenters. The first-order valence-corrected chi connectivity index (χ1v) is 6.72. The van der Waals surface area contributed by atoms with Crippen molar-refractivity contribution in [1.29, 1.82) is 0 Å². The Morgan fingerprint density at radius 2 is 1.70 bits per heavy atom. The summed E-state index contributed by atoms with van der Waals surface area (Å²) < 4.78 is 5.18. The molecular weight excluding hydrogens is 250 g/mol. The van der Waals surface area contributed by atoms with Crippen molar-refractivity contribution >= 4 is 5.71 Å². The van der Waals surface area contributed by atoms with Gasteiger partial charge in [0.15, 0.2) is 6.10 Å². The van der Waals surface area contributed by atoms with E-state index in [9.17, 15) is 0 Å². The molecule has 3 nitrogen and oxygen atoms in total. The van der Waals surface area contributed by atoms with Gasteiger partial charge in [-0.3, -0.25) is 0 Å². The summed E-state index contributed by atoms with van der Waals surface area (Å²) in [7, 11) is 1.67. The van der Waals surface area contributed by atoms with Crippen LogP contribution in [0.1, 0.15) is 24.2 Å². The van der Waals surface area contributed by atoms with Gasteiger partial charge in [0.05, 0.1) is 12.8 Å². The van der Waals surface area contributed by atoms with Crippen molar-refractivity contribution in [1.82, 2.24) is 0 Å². The maximum atomic E-state index is 5.63. The number of benzene rings is 2. The van der Waals surface area contributed by atoms with E-state index in [1.165, 1.54) is 0 Å². The van der Waals surface area contributed by atoms with Gasteiger partial charge in [-0.2, -0.15) is 0 Å². The molecule has 0 fully saturated rings. The third-order valence-electron chi connectivity index (χ3n) is 3.66. The van der Waals surface area contributed by atoms with Crippen molar-refractivity contribution in [3.63, 3.8) is 0 Å². The van der Waals surface area contributed by atoms with Crippen LogP contribution in [-0.2, 0) is 4.84 Å². The second-order valence-electron chi connectivity index (χ2n) is 4.93. The first-order valence-electron chi connectivity index (χ1n) is 6.72. The summed E-state index contributed by atoms with van der Waals surface area (Å²) in [6, 6.07) is 18.1. The van der Waals surface area contributed by atoms with E-state index in [1.54, 1.807) is 7.11 Å². The predicted molar refractivity (Wildman–Crippen MR) is 79.0 cm³/mol. The molecule has 1 aliphatic rings. The molecule has 2 aromatic rings. The van der Waals surface area contributed by atoms with Crippen LogP contribution in [0, 0.1) is 5.92 Å². The number of methoxy groups -OCH3 is 1. The first kappa shape index (κ1) is 12.7. The number of nitrogens with zero attached hydrogens (tertiary/aromatic N) is 1. The summed E-state index contributed by atoms with van der Waals surface area (Å²) in [4.78, 5) is 5.63. The molecule has 0 amide bonds. The molecule has 0 N–H and O–H groups in total. The van der Waals surface area contributed by atoms with Gasteiger partial charge in [-0.25, -0.2) is 0 Å². The van der Waals surface area contributed by atoms with Crippen molar-refractivity contribution in [3.8, 4) is 5.75 Å². The highest BCUT2D eigenvalue weighted by atomic mass is 16.6. The Balaban J connectivity index is 1.82. The van der Waals surface area contributed by atoms with Crippen LogP contribution in [0.3, 0.4) is 0 Å². The van der Waals surface area contributed by atoms with Crippen molar-refractivity contribution in [3.05, 3.63) is 65.7 Å². The van der Waals surface area contributed by atoms with Crippen LogP contribution < -0.4 is 4.74 Å². The summed E-state index contributed by atoms with van der Waals surface area (Å²) in [6.07, 6.45) is -0.00620. The van der Waals surface area contributed by atoms with E-state index in [0.717, 1.165) is 22.6 Å². The third kappa shape index (κ3) is 2.27. The molecule has 0 saturated heterocycles. The van der Waals surface area contributed by atoms with E-state index in [0.29, 0.717) is 0 Å². The van der Waals surface area contributed by atoms with Crippen LogP contribution in [0.4, 0.5) is 0 Å². The summed E-state index contributed by atoms with van der Waals surface area (Å²) in [6.45, 7) is 2.15. The summed E-state index contributed by atoms with van der Waals surface area (Å²) in [5.41, 5.74) is 3.23. The van der Waals surface area contributed by atoms with Crippen LogP contribution in [0.5, 0.6) is 5.75 Å². The van der Waals surface area contributed by atoms with Gasteiger partial charge in [-0.15, -0.1) is 0 Å². The zero-order valence-corrected chi connectivity index (χ0v) is 11.6. The molecule has 2 aromatic carbocycles. The van der Waals surface area contributed by atoms with Crippen LogP contribution >= 0.6 is 0 Å². The minimum absolute atomic E-state index is 0.00620. The van der Waals surface area contributed by atoms with Crippen LogP contribution in [0.15, 0.2) is 59.8 Å². The number of oxime groups is 1. The molecule has 3 rings (SSSR count). The quantitative estimate of drug-likeness (QED) is 0.846. The topological polar surface area (TPSA) is 30.8 Å². The lowest BCUT2D eigenvalue weighted by Gasteiger charge is -2.14. The summed E-state index contributed by atoms with van der Waals surface area (Å²) in [5.74, 6) is 1.08.